The van der Waals surface area contributed by atoms with E-state index in [0.29, 0.717) is 18.1 Å². The van der Waals surface area contributed by atoms with Crippen molar-refractivity contribution >= 4 is 28.9 Å². The van der Waals surface area contributed by atoms with Crippen molar-refractivity contribution in [3.05, 3.63) is 107 Å². The third-order valence-electron chi connectivity index (χ3n) is 6.86. The summed E-state index contributed by atoms with van der Waals surface area (Å²) < 4.78 is 2.16. The lowest BCUT2D eigenvalue weighted by Crippen LogP contribution is -2.33. The molecule has 1 aromatic carbocycles. The molecule has 0 spiro atoms. The Hall–Kier alpha value is -4.04. The number of aryl methyl sites for hydroxylation is 2. The van der Waals surface area contributed by atoms with Gasteiger partial charge in [0.15, 0.2) is 5.11 Å². The molecule has 1 aliphatic heterocycles. The van der Waals surface area contributed by atoms with Gasteiger partial charge in [-0.05, 0) is 80.5 Å². The highest BCUT2D eigenvalue weighted by atomic mass is 32.1. The summed E-state index contributed by atoms with van der Waals surface area (Å²) in [6, 6.07) is 21.5. The molecular formula is C29H30N6OS. The van der Waals surface area contributed by atoms with Gasteiger partial charge in [0.1, 0.15) is 5.82 Å². The molecule has 2 atom stereocenters. The maximum atomic E-state index is 12.9. The van der Waals surface area contributed by atoms with Crippen LogP contribution in [0.4, 0.5) is 5.69 Å². The van der Waals surface area contributed by atoms with E-state index in [2.05, 4.69) is 50.0 Å². The Balaban J connectivity index is 1.47. The first-order valence-corrected chi connectivity index (χ1v) is 12.8. The zero-order valence-corrected chi connectivity index (χ0v) is 22.0. The van der Waals surface area contributed by atoms with E-state index < -0.39 is 0 Å². The van der Waals surface area contributed by atoms with E-state index >= 15 is 0 Å². The van der Waals surface area contributed by atoms with Crippen molar-refractivity contribution in [1.82, 2.24) is 24.8 Å². The van der Waals surface area contributed by atoms with Gasteiger partial charge >= 0.3 is 0 Å². The summed E-state index contributed by atoms with van der Waals surface area (Å²) in [5, 5.41) is 7.14. The number of carbonyl (C=O) groups is 1. The van der Waals surface area contributed by atoms with Crippen molar-refractivity contribution < 1.29 is 4.79 Å². The van der Waals surface area contributed by atoms with Crippen molar-refractivity contribution in [2.45, 2.75) is 39.3 Å². The molecule has 37 heavy (non-hydrogen) atoms. The molecule has 5 rings (SSSR count). The van der Waals surface area contributed by atoms with Crippen molar-refractivity contribution in [3.8, 4) is 5.82 Å². The summed E-state index contributed by atoms with van der Waals surface area (Å²) in [5.41, 5.74) is 6.07. The zero-order valence-electron chi connectivity index (χ0n) is 21.2. The Morgan fingerprint density at radius 1 is 1.00 bits per heavy atom. The standard InChI is InChI=1S/C29H30N6OS/c1-19-10-4-5-11-23(19)32-26(36)14-17-34-28(27(33-29(34)37)24-12-6-8-15-30-24)22-18-20(2)35(21(22)3)25-13-7-9-16-31-25/h4-13,15-16,18,27-28H,14,17H2,1-3H3,(H,32,36)(H,33,37)/t27-,28+/m0/s1. The predicted octanol–water partition coefficient (Wildman–Crippen LogP) is 5.19. The van der Waals surface area contributed by atoms with Crippen molar-refractivity contribution in [3.63, 3.8) is 0 Å². The fraction of sp³-hybridized carbons (Fsp3) is 0.241. The molecule has 3 aromatic heterocycles. The molecule has 0 unspecified atom stereocenters. The number of hydrogen-bond acceptors (Lipinski definition) is 4. The van der Waals surface area contributed by atoms with E-state index in [4.69, 9.17) is 12.2 Å². The van der Waals surface area contributed by atoms with Crippen LogP contribution in [0.25, 0.3) is 5.82 Å². The van der Waals surface area contributed by atoms with Crippen molar-refractivity contribution in [2.24, 2.45) is 0 Å². The highest BCUT2D eigenvalue weighted by Crippen LogP contribution is 2.41. The first-order chi connectivity index (χ1) is 17.9. The molecule has 0 radical (unpaired) electrons. The first-order valence-electron chi connectivity index (χ1n) is 12.4. The average molecular weight is 511 g/mol. The van der Waals surface area contributed by atoms with Crippen LogP contribution in [0.5, 0.6) is 0 Å². The van der Waals surface area contributed by atoms with Crippen LogP contribution in [0.3, 0.4) is 0 Å². The Bertz CT molecular complexity index is 1420. The number of nitrogens with zero attached hydrogens (tertiary/aromatic N) is 4. The average Bonchev–Trinajstić information content (AvgIpc) is 3.39. The number of benzene rings is 1. The molecule has 4 heterocycles. The number of hydrogen-bond donors (Lipinski definition) is 2. The molecule has 8 heteroatoms. The second-order valence-corrected chi connectivity index (χ2v) is 9.67. The molecule has 1 aliphatic rings. The minimum absolute atomic E-state index is 0.0453. The number of aromatic nitrogens is 3. The molecule has 1 fully saturated rings. The quantitative estimate of drug-likeness (QED) is 0.333. The maximum Gasteiger partial charge on any atom is 0.226 e. The third kappa shape index (κ3) is 4.97. The molecule has 0 bridgehead atoms. The molecule has 1 amide bonds. The molecule has 4 aromatic rings. The van der Waals surface area contributed by atoms with Gasteiger partial charge in [0.2, 0.25) is 5.91 Å². The summed E-state index contributed by atoms with van der Waals surface area (Å²) in [5.74, 6) is 0.826. The van der Waals surface area contributed by atoms with Crippen LogP contribution in [-0.4, -0.2) is 37.0 Å². The number of thiocarbonyl (C=S) groups is 1. The van der Waals surface area contributed by atoms with Gasteiger partial charge in [0.05, 0.1) is 17.8 Å². The number of amides is 1. The lowest BCUT2D eigenvalue weighted by Gasteiger charge is -2.28. The molecular weight excluding hydrogens is 480 g/mol. The van der Waals surface area contributed by atoms with Gasteiger partial charge in [-0.15, -0.1) is 0 Å². The normalized spacial score (nSPS) is 17.1. The minimum Gasteiger partial charge on any atom is -0.352 e. The SMILES string of the molecule is Cc1ccccc1NC(=O)CCN1C(=S)N[C@@H](c2ccccn2)[C@H]1c1cc(C)n(-c2ccccn2)c1C. The van der Waals surface area contributed by atoms with Crippen LogP contribution in [0.2, 0.25) is 0 Å². The zero-order chi connectivity index (χ0) is 25.9. The molecule has 0 aliphatic carbocycles. The van der Waals surface area contributed by atoms with Crippen molar-refractivity contribution in [1.29, 1.82) is 0 Å². The predicted molar refractivity (Wildman–Crippen MR) is 150 cm³/mol. The summed E-state index contributed by atoms with van der Waals surface area (Å²) in [6.45, 7) is 6.66. The Kier molecular flexibility index (Phi) is 7.01. The van der Waals surface area contributed by atoms with Gasteiger partial charge in [-0.3, -0.25) is 9.78 Å². The molecule has 0 saturated carbocycles. The lowest BCUT2D eigenvalue weighted by atomic mass is 9.96. The first kappa shape index (κ1) is 24.6. The lowest BCUT2D eigenvalue weighted by molar-refractivity contribution is -0.116. The van der Waals surface area contributed by atoms with Crippen LogP contribution in [0.15, 0.2) is 79.1 Å². The molecule has 1 saturated heterocycles. The Morgan fingerprint density at radius 3 is 2.43 bits per heavy atom. The number of nitrogens with one attached hydrogen (secondary N) is 2. The van der Waals surface area contributed by atoms with Gasteiger partial charge in [-0.1, -0.05) is 30.3 Å². The largest absolute Gasteiger partial charge is 0.352 e. The molecule has 7 nitrogen and oxygen atoms in total. The Morgan fingerprint density at radius 2 is 1.73 bits per heavy atom. The number of carbonyl (C=O) groups excluding carboxylic acids is 1. The van der Waals surface area contributed by atoms with E-state index in [1.165, 1.54) is 0 Å². The fourth-order valence-corrected chi connectivity index (χ4v) is 5.39. The van der Waals surface area contributed by atoms with Gasteiger partial charge in [-0.25, -0.2) is 4.98 Å². The number of anilines is 1. The maximum absolute atomic E-state index is 12.9. The van der Waals surface area contributed by atoms with Gasteiger partial charge in [0, 0.05) is 42.4 Å². The van der Waals surface area contributed by atoms with Crippen LogP contribution < -0.4 is 10.6 Å². The molecule has 188 valence electrons. The topological polar surface area (TPSA) is 75.1 Å². The van der Waals surface area contributed by atoms with Crippen LogP contribution in [0, 0.1) is 20.8 Å². The molecule has 2 N–H and O–H groups in total. The number of pyridine rings is 2. The van der Waals surface area contributed by atoms with Gasteiger partial charge in [0.25, 0.3) is 0 Å². The highest BCUT2D eigenvalue weighted by molar-refractivity contribution is 7.80. The van der Waals surface area contributed by atoms with Gasteiger partial charge < -0.3 is 20.1 Å². The fourth-order valence-electron chi connectivity index (χ4n) is 5.06. The second-order valence-electron chi connectivity index (χ2n) is 9.28. The third-order valence-corrected chi connectivity index (χ3v) is 7.22. The van der Waals surface area contributed by atoms with E-state index in [1.807, 2.05) is 67.6 Å². The monoisotopic (exact) mass is 510 g/mol. The number of para-hydroxylation sites is 1. The van der Waals surface area contributed by atoms with E-state index in [9.17, 15) is 4.79 Å². The van der Waals surface area contributed by atoms with Gasteiger partial charge in [-0.2, -0.15) is 0 Å². The summed E-state index contributed by atoms with van der Waals surface area (Å²) in [6.07, 6.45) is 3.91. The van der Waals surface area contributed by atoms with Crippen LogP contribution in [-0.2, 0) is 4.79 Å². The number of rotatable bonds is 7. The smallest absolute Gasteiger partial charge is 0.226 e. The second kappa shape index (κ2) is 10.5. The van der Waals surface area contributed by atoms with E-state index in [0.717, 1.165) is 39.7 Å². The van der Waals surface area contributed by atoms with Crippen molar-refractivity contribution in [2.75, 3.05) is 11.9 Å². The summed E-state index contributed by atoms with van der Waals surface area (Å²) in [7, 11) is 0. The van der Waals surface area contributed by atoms with E-state index in [1.54, 1.807) is 12.4 Å². The highest BCUT2D eigenvalue weighted by Gasteiger charge is 2.41. The van der Waals surface area contributed by atoms with Crippen LogP contribution >= 0.6 is 12.2 Å². The Labute approximate surface area is 222 Å². The summed E-state index contributed by atoms with van der Waals surface area (Å²) >= 11 is 5.81. The van der Waals surface area contributed by atoms with Crippen LogP contribution in [0.1, 0.15) is 46.7 Å². The van der Waals surface area contributed by atoms with E-state index in [-0.39, 0.29) is 18.0 Å². The minimum atomic E-state index is -0.147. The summed E-state index contributed by atoms with van der Waals surface area (Å²) in [4.78, 5) is 24.2.